The maximum Gasteiger partial charge on any atom is 0.307 e. The molecule has 2 rings (SSSR count). The van der Waals surface area contributed by atoms with Crippen LogP contribution >= 0.6 is 0 Å². The summed E-state index contributed by atoms with van der Waals surface area (Å²) >= 11 is 0. The first-order valence-corrected chi connectivity index (χ1v) is 6.57. The molecule has 21 heavy (non-hydrogen) atoms. The van der Waals surface area contributed by atoms with Crippen LogP contribution < -0.4 is 11.5 Å². The summed E-state index contributed by atoms with van der Waals surface area (Å²) in [6.45, 7) is -0.905. The molecule has 8 heteroatoms. The number of primary amides is 2. The standard InChI is InChI=1S/C13H17N3O5/c14-8(17)4-16(5-9(15)18)12(19)10-6-1-2-7(3-6)11(10)13(20)21/h1-2,6-7,10-11H,3-5H2,(H2,14,17)(H2,15,18)(H,20,21). The van der Waals surface area contributed by atoms with Gasteiger partial charge in [0.15, 0.2) is 0 Å². The van der Waals surface area contributed by atoms with Gasteiger partial charge in [0.05, 0.1) is 24.9 Å². The van der Waals surface area contributed by atoms with Crippen molar-refractivity contribution in [3.8, 4) is 0 Å². The lowest BCUT2D eigenvalue weighted by Gasteiger charge is -2.29. The molecule has 5 N–H and O–H groups in total. The first-order chi connectivity index (χ1) is 9.81. The molecule has 0 heterocycles. The van der Waals surface area contributed by atoms with Gasteiger partial charge in [-0.05, 0) is 18.3 Å². The second-order valence-electron chi connectivity index (χ2n) is 5.47. The number of carbonyl (C=O) groups is 4. The number of carboxylic acids is 1. The third kappa shape index (κ3) is 2.88. The second kappa shape index (κ2) is 5.55. The van der Waals surface area contributed by atoms with Crippen LogP contribution in [0.1, 0.15) is 6.42 Å². The summed E-state index contributed by atoms with van der Waals surface area (Å²) in [5, 5.41) is 9.31. The SMILES string of the molecule is NC(=O)CN(CC(N)=O)C(=O)C1C2C=CC(C2)C1C(=O)O. The van der Waals surface area contributed by atoms with Crippen molar-refractivity contribution in [1.29, 1.82) is 0 Å². The van der Waals surface area contributed by atoms with Gasteiger partial charge in [0.1, 0.15) is 0 Å². The van der Waals surface area contributed by atoms with Gasteiger partial charge in [0, 0.05) is 0 Å². The summed E-state index contributed by atoms with van der Waals surface area (Å²) < 4.78 is 0. The van der Waals surface area contributed by atoms with Crippen LogP contribution in [0.3, 0.4) is 0 Å². The number of hydrogen-bond acceptors (Lipinski definition) is 4. The summed E-state index contributed by atoms with van der Waals surface area (Å²) in [6.07, 6.45) is 4.22. The fourth-order valence-electron chi connectivity index (χ4n) is 3.29. The number of hydrogen-bond donors (Lipinski definition) is 3. The molecular weight excluding hydrogens is 278 g/mol. The quantitative estimate of drug-likeness (QED) is 0.501. The molecule has 1 saturated carbocycles. The molecule has 8 nitrogen and oxygen atoms in total. The van der Waals surface area contributed by atoms with Crippen molar-refractivity contribution in [1.82, 2.24) is 4.90 Å². The van der Waals surface area contributed by atoms with Gasteiger partial charge in [-0.1, -0.05) is 12.2 Å². The van der Waals surface area contributed by atoms with Crippen LogP contribution in [0.25, 0.3) is 0 Å². The van der Waals surface area contributed by atoms with E-state index in [1.807, 2.05) is 6.08 Å². The Morgan fingerprint density at radius 1 is 1.00 bits per heavy atom. The number of fused-ring (bicyclic) bond motifs is 2. The predicted molar refractivity (Wildman–Crippen MR) is 70.3 cm³/mol. The van der Waals surface area contributed by atoms with Gasteiger partial charge in [-0.15, -0.1) is 0 Å². The minimum atomic E-state index is -1.05. The lowest BCUT2D eigenvalue weighted by atomic mass is 9.82. The molecule has 0 radical (unpaired) electrons. The molecule has 2 aliphatic rings. The van der Waals surface area contributed by atoms with E-state index in [0.717, 1.165) is 4.90 Å². The Labute approximate surface area is 120 Å². The van der Waals surface area contributed by atoms with Crippen molar-refractivity contribution in [2.24, 2.45) is 35.1 Å². The molecule has 0 aromatic heterocycles. The van der Waals surface area contributed by atoms with E-state index in [1.165, 1.54) is 0 Å². The number of carbonyl (C=O) groups excluding carboxylic acids is 3. The second-order valence-corrected chi connectivity index (χ2v) is 5.47. The number of nitrogens with zero attached hydrogens (tertiary/aromatic N) is 1. The van der Waals surface area contributed by atoms with E-state index in [2.05, 4.69) is 0 Å². The lowest BCUT2D eigenvalue weighted by Crippen LogP contribution is -2.48. The maximum absolute atomic E-state index is 12.5. The molecular formula is C13H17N3O5. The Balaban J connectivity index is 2.22. The van der Waals surface area contributed by atoms with Crippen LogP contribution in [0.2, 0.25) is 0 Å². The van der Waals surface area contributed by atoms with Crippen molar-refractivity contribution in [3.63, 3.8) is 0 Å². The maximum atomic E-state index is 12.5. The number of allylic oxidation sites excluding steroid dienone is 2. The summed E-state index contributed by atoms with van der Waals surface area (Å²) in [4.78, 5) is 46.9. The Morgan fingerprint density at radius 3 is 1.90 bits per heavy atom. The van der Waals surface area contributed by atoms with E-state index in [1.54, 1.807) is 6.08 Å². The Bertz CT molecular complexity index is 514. The van der Waals surface area contributed by atoms with Crippen LogP contribution in [0.15, 0.2) is 12.2 Å². The molecule has 4 unspecified atom stereocenters. The normalized spacial score (nSPS) is 29.3. The minimum absolute atomic E-state index is 0.188. The van der Waals surface area contributed by atoms with Gasteiger partial charge in [0.25, 0.3) is 0 Å². The molecule has 0 saturated heterocycles. The monoisotopic (exact) mass is 295 g/mol. The van der Waals surface area contributed by atoms with Crippen molar-refractivity contribution < 1.29 is 24.3 Å². The molecule has 4 atom stereocenters. The third-order valence-electron chi connectivity index (χ3n) is 4.03. The molecule has 0 aromatic rings. The van der Waals surface area contributed by atoms with Gasteiger partial charge >= 0.3 is 5.97 Å². The Kier molecular flexibility index (Phi) is 3.97. The topological polar surface area (TPSA) is 144 Å². The van der Waals surface area contributed by atoms with E-state index in [0.29, 0.717) is 6.42 Å². The highest BCUT2D eigenvalue weighted by Gasteiger charge is 2.52. The number of nitrogens with two attached hydrogens (primary N) is 2. The van der Waals surface area contributed by atoms with Crippen LogP contribution in [0, 0.1) is 23.7 Å². The zero-order valence-corrected chi connectivity index (χ0v) is 11.3. The molecule has 2 aliphatic carbocycles. The number of amides is 3. The zero-order valence-electron chi connectivity index (χ0n) is 11.3. The average Bonchev–Trinajstić information content (AvgIpc) is 2.95. The molecule has 2 bridgehead atoms. The smallest absolute Gasteiger partial charge is 0.307 e. The predicted octanol–water partition coefficient (Wildman–Crippen LogP) is -1.69. The van der Waals surface area contributed by atoms with Gasteiger partial charge in [-0.2, -0.15) is 0 Å². The highest BCUT2D eigenvalue weighted by atomic mass is 16.4. The van der Waals surface area contributed by atoms with E-state index in [4.69, 9.17) is 11.5 Å². The van der Waals surface area contributed by atoms with Crippen molar-refractivity contribution in [2.45, 2.75) is 6.42 Å². The molecule has 0 spiro atoms. The van der Waals surface area contributed by atoms with E-state index in [-0.39, 0.29) is 11.8 Å². The molecule has 0 aromatic carbocycles. The number of rotatable bonds is 6. The third-order valence-corrected chi connectivity index (χ3v) is 4.03. The number of carboxylic acid groups (broad SMARTS) is 1. The highest BCUT2D eigenvalue weighted by molar-refractivity contribution is 5.92. The summed E-state index contributed by atoms with van der Waals surface area (Å²) in [5.41, 5.74) is 10.1. The van der Waals surface area contributed by atoms with Gasteiger partial charge in [-0.25, -0.2) is 0 Å². The lowest BCUT2D eigenvalue weighted by molar-refractivity contribution is -0.152. The van der Waals surface area contributed by atoms with Crippen molar-refractivity contribution in [3.05, 3.63) is 12.2 Å². The summed E-state index contributed by atoms with van der Waals surface area (Å²) in [7, 11) is 0. The molecule has 1 fully saturated rings. The van der Waals surface area contributed by atoms with E-state index >= 15 is 0 Å². The Morgan fingerprint density at radius 2 is 1.48 bits per heavy atom. The summed E-state index contributed by atoms with van der Waals surface area (Å²) in [6, 6.07) is 0. The van der Waals surface area contributed by atoms with Gasteiger partial charge in [-0.3, -0.25) is 19.2 Å². The van der Waals surface area contributed by atoms with E-state index < -0.39 is 48.6 Å². The average molecular weight is 295 g/mol. The first-order valence-electron chi connectivity index (χ1n) is 6.57. The van der Waals surface area contributed by atoms with Crippen LogP contribution in [-0.4, -0.2) is 46.8 Å². The zero-order chi connectivity index (χ0) is 15.7. The summed E-state index contributed by atoms with van der Waals surface area (Å²) in [5.74, 6) is -5.17. The first kappa shape index (κ1) is 15.0. The van der Waals surface area contributed by atoms with Crippen LogP contribution in [0.4, 0.5) is 0 Å². The molecule has 114 valence electrons. The number of aliphatic carboxylic acids is 1. The van der Waals surface area contributed by atoms with Gasteiger partial charge in [0.2, 0.25) is 17.7 Å². The fraction of sp³-hybridized carbons (Fsp3) is 0.538. The fourth-order valence-corrected chi connectivity index (χ4v) is 3.29. The Hall–Kier alpha value is -2.38. The molecule has 3 amide bonds. The minimum Gasteiger partial charge on any atom is -0.481 e. The van der Waals surface area contributed by atoms with Gasteiger partial charge < -0.3 is 21.5 Å². The van der Waals surface area contributed by atoms with Crippen LogP contribution in [0.5, 0.6) is 0 Å². The van der Waals surface area contributed by atoms with E-state index in [9.17, 15) is 24.3 Å². The highest BCUT2D eigenvalue weighted by Crippen LogP contribution is 2.48. The van der Waals surface area contributed by atoms with Crippen LogP contribution in [-0.2, 0) is 19.2 Å². The largest absolute Gasteiger partial charge is 0.481 e. The van der Waals surface area contributed by atoms with Crippen molar-refractivity contribution in [2.75, 3.05) is 13.1 Å². The van der Waals surface area contributed by atoms with Crippen molar-refractivity contribution >= 4 is 23.7 Å². The molecule has 0 aliphatic heterocycles.